The number of amides is 1. The summed E-state index contributed by atoms with van der Waals surface area (Å²) in [6.07, 6.45) is 0. The highest BCUT2D eigenvalue weighted by Gasteiger charge is 2.47. The van der Waals surface area contributed by atoms with Crippen LogP contribution in [-0.4, -0.2) is 32.0 Å². The highest BCUT2D eigenvalue weighted by Crippen LogP contribution is 2.46. The first-order valence-electron chi connectivity index (χ1n) is 11.1. The second-order valence-electron chi connectivity index (χ2n) is 8.41. The molecular formula is C25H22N4O3S4. The van der Waals surface area contributed by atoms with Gasteiger partial charge in [-0.05, 0) is 50.3 Å². The van der Waals surface area contributed by atoms with Gasteiger partial charge in [-0.1, -0.05) is 52.9 Å². The Morgan fingerprint density at radius 2 is 1.83 bits per heavy atom. The molecule has 1 atom stereocenters. The lowest BCUT2D eigenvalue weighted by Crippen LogP contribution is -2.30. The SMILES string of the molecule is Cc1ccc(CSc2nnc(N3C(=O)C(O)=C(C(=O)c4sc(C)nc4C)C3c3sccc3C)s2)cc1. The third kappa shape index (κ3) is 4.52. The van der Waals surface area contributed by atoms with Gasteiger partial charge in [0.05, 0.1) is 21.2 Å². The van der Waals surface area contributed by atoms with Crippen molar-refractivity contribution < 1.29 is 14.7 Å². The molecule has 36 heavy (non-hydrogen) atoms. The molecule has 4 aromatic rings. The highest BCUT2D eigenvalue weighted by atomic mass is 32.2. The fraction of sp³-hybridized carbons (Fsp3) is 0.240. The van der Waals surface area contributed by atoms with E-state index in [1.807, 2.05) is 32.2 Å². The van der Waals surface area contributed by atoms with Crippen LogP contribution in [0.2, 0.25) is 0 Å². The van der Waals surface area contributed by atoms with Gasteiger partial charge >= 0.3 is 0 Å². The standard InChI is InChI=1S/C25H22N4O3S4/c1-12-5-7-16(8-6-12)11-34-25-28-27-24(36-25)29-18(21-13(2)9-10-33-21)17(20(31)23(29)32)19(30)22-14(3)26-15(4)35-22/h5-10,18,31H,11H2,1-4H3. The Balaban J connectivity index is 1.49. The van der Waals surface area contributed by atoms with Crippen LogP contribution in [0.25, 0.3) is 0 Å². The normalized spacial score (nSPS) is 15.8. The fourth-order valence-corrected chi connectivity index (χ4v) is 7.72. The number of ketones is 1. The van der Waals surface area contributed by atoms with E-state index in [1.54, 1.807) is 6.92 Å². The van der Waals surface area contributed by atoms with Crippen molar-refractivity contribution in [1.29, 1.82) is 0 Å². The van der Waals surface area contributed by atoms with Crippen LogP contribution in [0.4, 0.5) is 5.13 Å². The first-order chi connectivity index (χ1) is 17.2. The first-order valence-corrected chi connectivity index (χ1v) is 14.6. The molecular weight excluding hydrogens is 533 g/mol. The van der Waals surface area contributed by atoms with Gasteiger partial charge in [-0.15, -0.1) is 32.9 Å². The number of thioether (sulfide) groups is 1. The van der Waals surface area contributed by atoms with E-state index in [9.17, 15) is 14.7 Å². The predicted octanol–water partition coefficient (Wildman–Crippen LogP) is 6.36. The quantitative estimate of drug-likeness (QED) is 0.161. The third-order valence-electron chi connectivity index (χ3n) is 5.80. The molecule has 1 amide bonds. The maximum Gasteiger partial charge on any atom is 0.296 e. The molecule has 1 N–H and O–H groups in total. The maximum atomic E-state index is 13.7. The minimum atomic E-state index is -0.783. The lowest BCUT2D eigenvalue weighted by molar-refractivity contribution is -0.117. The molecule has 4 heterocycles. The summed E-state index contributed by atoms with van der Waals surface area (Å²) in [5.74, 6) is -0.871. The lowest BCUT2D eigenvalue weighted by Gasteiger charge is -2.23. The number of carbonyl (C=O) groups is 2. The molecule has 0 radical (unpaired) electrons. The van der Waals surface area contributed by atoms with Gasteiger partial charge in [0.2, 0.25) is 10.9 Å². The molecule has 5 rings (SSSR count). The van der Waals surface area contributed by atoms with E-state index in [-0.39, 0.29) is 11.4 Å². The molecule has 0 saturated heterocycles. The zero-order valence-electron chi connectivity index (χ0n) is 19.9. The van der Waals surface area contributed by atoms with E-state index in [2.05, 4.69) is 39.4 Å². The zero-order chi connectivity index (χ0) is 25.6. The first kappa shape index (κ1) is 24.8. The molecule has 1 aliphatic rings. The molecule has 1 unspecified atom stereocenters. The summed E-state index contributed by atoms with van der Waals surface area (Å²) in [5.41, 5.74) is 3.93. The number of aromatic nitrogens is 3. The minimum Gasteiger partial charge on any atom is -0.503 e. The van der Waals surface area contributed by atoms with E-state index in [0.29, 0.717) is 25.8 Å². The number of nitrogens with zero attached hydrogens (tertiary/aromatic N) is 4. The number of aryl methyl sites for hydroxylation is 4. The van der Waals surface area contributed by atoms with E-state index in [4.69, 9.17) is 0 Å². The monoisotopic (exact) mass is 554 g/mol. The number of aliphatic hydroxyl groups is 1. The molecule has 0 saturated carbocycles. The molecule has 0 aliphatic carbocycles. The summed E-state index contributed by atoms with van der Waals surface area (Å²) >= 11 is 5.50. The van der Waals surface area contributed by atoms with Crippen molar-refractivity contribution in [3.63, 3.8) is 0 Å². The molecule has 1 aliphatic heterocycles. The minimum absolute atomic E-state index is 0.0568. The Bertz CT molecular complexity index is 1500. The summed E-state index contributed by atoms with van der Waals surface area (Å²) < 4.78 is 0.702. The summed E-state index contributed by atoms with van der Waals surface area (Å²) in [5, 5.41) is 22.5. The van der Waals surface area contributed by atoms with Crippen molar-refractivity contribution in [1.82, 2.24) is 15.2 Å². The van der Waals surface area contributed by atoms with Gasteiger partial charge in [0, 0.05) is 10.6 Å². The topological polar surface area (TPSA) is 96.3 Å². The van der Waals surface area contributed by atoms with Gasteiger partial charge in [0.1, 0.15) is 6.04 Å². The van der Waals surface area contributed by atoms with Gasteiger partial charge in [-0.2, -0.15) is 0 Å². The number of rotatable bonds is 7. The number of hydrogen-bond acceptors (Lipinski definition) is 10. The number of anilines is 1. The highest BCUT2D eigenvalue weighted by molar-refractivity contribution is 8.00. The summed E-state index contributed by atoms with van der Waals surface area (Å²) in [6, 6.07) is 9.44. The van der Waals surface area contributed by atoms with Crippen LogP contribution in [0.15, 0.2) is 51.4 Å². The van der Waals surface area contributed by atoms with Crippen LogP contribution in [0.5, 0.6) is 0 Å². The largest absolute Gasteiger partial charge is 0.503 e. The Labute approximate surface area is 224 Å². The average Bonchev–Trinajstić information content (AvgIpc) is 3.61. The van der Waals surface area contributed by atoms with Crippen molar-refractivity contribution in [2.45, 2.75) is 43.8 Å². The lowest BCUT2D eigenvalue weighted by atomic mass is 9.99. The van der Waals surface area contributed by atoms with Crippen LogP contribution in [0, 0.1) is 27.7 Å². The Kier molecular flexibility index (Phi) is 6.82. The molecule has 0 spiro atoms. The molecule has 1 aromatic carbocycles. The van der Waals surface area contributed by atoms with E-state index < -0.39 is 17.7 Å². The van der Waals surface area contributed by atoms with Crippen molar-refractivity contribution in [3.8, 4) is 0 Å². The number of hydrogen-bond donors (Lipinski definition) is 1. The number of Topliss-reactive ketones (excluding diaryl/α,β-unsaturated/α-hetero) is 1. The Morgan fingerprint density at radius 3 is 2.47 bits per heavy atom. The van der Waals surface area contributed by atoms with Crippen molar-refractivity contribution in [2.24, 2.45) is 0 Å². The summed E-state index contributed by atoms with van der Waals surface area (Å²) in [4.78, 5) is 34.0. The van der Waals surface area contributed by atoms with E-state index in [0.717, 1.165) is 21.0 Å². The number of benzene rings is 1. The summed E-state index contributed by atoms with van der Waals surface area (Å²) in [6.45, 7) is 7.56. The van der Waals surface area contributed by atoms with Crippen LogP contribution < -0.4 is 4.90 Å². The molecule has 0 bridgehead atoms. The number of carbonyl (C=O) groups excluding carboxylic acids is 2. The van der Waals surface area contributed by atoms with Crippen LogP contribution in [0.1, 0.15) is 48.0 Å². The smallest absolute Gasteiger partial charge is 0.296 e. The van der Waals surface area contributed by atoms with Gasteiger partial charge in [0.15, 0.2) is 10.1 Å². The Morgan fingerprint density at radius 1 is 1.08 bits per heavy atom. The molecule has 184 valence electrons. The number of aliphatic hydroxyl groups excluding tert-OH is 1. The van der Waals surface area contributed by atoms with Gasteiger partial charge in [0.25, 0.3) is 5.91 Å². The van der Waals surface area contributed by atoms with Crippen LogP contribution in [-0.2, 0) is 10.5 Å². The second kappa shape index (κ2) is 9.89. The maximum absolute atomic E-state index is 13.7. The Hall–Kier alpha value is -2.86. The van der Waals surface area contributed by atoms with Crippen LogP contribution >= 0.6 is 45.8 Å². The summed E-state index contributed by atoms with van der Waals surface area (Å²) in [7, 11) is 0. The fourth-order valence-electron chi connectivity index (χ4n) is 4.00. The van der Waals surface area contributed by atoms with Crippen molar-refractivity contribution in [2.75, 3.05) is 4.90 Å². The van der Waals surface area contributed by atoms with Gasteiger partial charge < -0.3 is 5.11 Å². The molecule has 0 fully saturated rings. The zero-order valence-corrected chi connectivity index (χ0v) is 23.2. The molecule has 7 nitrogen and oxygen atoms in total. The number of thiazole rings is 1. The van der Waals surface area contributed by atoms with Gasteiger partial charge in [-0.25, -0.2) is 4.98 Å². The van der Waals surface area contributed by atoms with E-state index >= 15 is 0 Å². The third-order valence-corrected chi connectivity index (χ3v) is 10.1. The van der Waals surface area contributed by atoms with Crippen molar-refractivity contribution in [3.05, 3.63) is 84.2 Å². The predicted molar refractivity (Wildman–Crippen MR) is 146 cm³/mol. The number of thiophene rings is 1. The average molecular weight is 555 g/mol. The van der Waals surface area contributed by atoms with Crippen LogP contribution in [0.3, 0.4) is 0 Å². The second-order valence-corrected chi connectivity index (χ2v) is 12.7. The molecule has 11 heteroatoms. The van der Waals surface area contributed by atoms with Crippen molar-refractivity contribution >= 4 is 62.6 Å². The van der Waals surface area contributed by atoms with E-state index in [1.165, 1.54) is 56.2 Å². The molecule has 3 aromatic heterocycles. The van der Waals surface area contributed by atoms with Gasteiger partial charge in [-0.3, -0.25) is 14.5 Å².